The first-order valence-corrected chi connectivity index (χ1v) is 7.55. The van der Waals surface area contributed by atoms with E-state index in [4.69, 9.17) is 9.47 Å². The summed E-state index contributed by atoms with van der Waals surface area (Å²) in [4.78, 5) is 12.1. The Balaban J connectivity index is 2.00. The molecule has 1 aromatic carbocycles. The van der Waals surface area contributed by atoms with E-state index in [0.29, 0.717) is 13.0 Å². The fourth-order valence-electron chi connectivity index (χ4n) is 2.91. The minimum Gasteiger partial charge on any atom is -0.496 e. The molecule has 1 N–H and O–H groups in total. The van der Waals surface area contributed by atoms with Gasteiger partial charge in [-0.15, -0.1) is 0 Å². The third-order valence-electron chi connectivity index (χ3n) is 4.24. The lowest BCUT2D eigenvalue weighted by molar-refractivity contribution is -0.120. The van der Waals surface area contributed by atoms with Crippen molar-refractivity contribution < 1.29 is 14.3 Å². The zero-order valence-electron chi connectivity index (χ0n) is 13.4. The number of amides is 1. The Kier molecular flexibility index (Phi) is 5.23. The lowest BCUT2D eigenvalue weighted by Crippen LogP contribution is -2.33. The molecule has 0 spiro atoms. The van der Waals surface area contributed by atoms with Crippen LogP contribution in [0.3, 0.4) is 0 Å². The number of aryl methyl sites for hydroxylation is 1. The van der Waals surface area contributed by atoms with Crippen LogP contribution in [0.1, 0.15) is 35.1 Å². The van der Waals surface area contributed by atoms with Crippen molar-refractivity contribution in [3.05, 3.63) is 28.3 Å². The minimum atomic E-state index is 0.0533. The number of hydrogen-bond acceptors (Lipinski definition) is 3. The van der Waals surface area contributed by atoms with Gasteiger partial charge >= 0.3 is 0 Å². The maximum Gasteiger partial charge on any atom is 0.224 e. The van der Waals surface area contributed by atoms with Crippen molar-refractivity contribution in [3.63, 3.8) is 0 Å². The van der Waals surface area contributed by atoms with E-state index in [2.05, 4.69) is 5.32 Å². The predicted octanol–water partition coefficient (Wildman–Crippen LogP) is 2.46. The standard InChI is InChI=1S/C17H25NO3/c1-11-8-14(12(2)13(3)17(11)20-4)9-16(19)18-10-15-6-5-7-21-15/h8,15H,5-7,9-10H2,1-4H3,(H,18,19). The highest BCUT2D eigenvalue weighted by Gasteiger charge is 2.17. The molecule has 1 aliphatic rings. The summed E-state index contributed by atoms with van der Waals surface area (Å²) in [5, 5.41) is 2.97. The topological polar surface area (TPSA) is 47.6 Å². The van der Waals surface area contributed by atoms with E-state index in [1.165, 1.54) is 0 Å². The molecule has 0 bridgehead atoms. The van der Waals surface area contributed by atoms with Gasteiger partial charge in [0.2, 0.25) is 5.91 Å². The van der Waals surface area contributed by atoms with Crippen LogP contribution in [0.5, 0.6) is 5.75 Å². The first kappa shape index (κ1) is 15.8. The number of rotatable bonds is 5. The van der Waals surface area contributed by atoms with E-state index in [0.717, 1.165) is 47.5 Å². The summed E-state index contributed by atoms with van der Waals surface area (Å²) in [7, 11) is 1.68. The summed E-state index contributed by atoms with van der Waals surface area (Å²) in [6, 6.07) is 2.05. The number of ether oxygens (including phenoxy) is 2. The monoisotopic (exact) mass is 291 g/mol. The van der Waals surface area contributed by atoms with Crippen LogP contribution in [0, 0.1) is 20.8 Å². The maximum absolute atomic E-state index is 12.1. The molecule has 2 rings (SSSR count). The van der Waals surface area contributed by atoms with Crippen LogP contribution in [0.25, 0.3) is 0 Å². The molecule has 0 radical (unpaired) electrons. The van der Waals surface area contributed by atoms with Gasteiger partial charge in [-0.25, -0.2) is 0 Å². The number of benzene rings is 1. The largest absolute Gasteiger partial charge is 0.496 e. The molecule has 116 valence electrons. The Labute approximate surface area is 126 Å². The summed E-state index contributed by atoms with van der Waals surface area (Å²) in [5.41, 5.74) is 4.38. The molecule has 4 nitrogen and oxygen atoms in total. The van der Waals surface area contributed by atoms with Gasteiger partial charge in [0, 0.05) is 13.2 Å². The molecule has 1 fully saturated rings. The van der Waals surface area contributed by atoms with Gasteiger partial charge in [-0.3, -0.25) is 4.79 Å². The highest BCUT2D eigenvalue weighted by atomic mass is 16.5. The predicted molar refractivity (Wildman–Crippen MR) is 82.9 cm³/mol. The van der Waals surface area contributed by atoms with E-state index in [1.54, 1.807) is 7.11 Å². The van der Waals surface area contributed by atoms with Crippen molar-refractivity contribution in [2.45, 2.75) is 46.1 Å². The van der Waals surface area contributed by atoms with Gasteiger partial charge in [-0.2, -0.15) is 0 Å². The van der Waals surface area contributed by atoms with Crippen molar-refractivity contribution in [1.82, 2.24) is 5.32 Å². The smallest absolute Gasteiger partial charge is 0.224 e. The van der Waals surface area contributed by atoms with Gasteiger partial charge in [0.15, 0.2) is 0 Å². The highest BCUT2D eigenvalue weighted by molar-refractivity contribution is 5.79. The average Bonchev–Trinajstić information content (AvgIpc) is 2.96. The molecule has 1 aliphatic heterocycles. The molecular weight excluding hydrogens is 266 g/mol. The van der Waals surface area contributed by atoms with Crippen LogP contribution in [-0.2, 0) is 16.0 Å². The van der Waals surface area contributed by atoms with Gasteiger partial charge in [-0.05, 0) is 55.9 Å². The van der Waals surface area contributed by atoms with Crippen molar-refractivity contribution in [3.8, 4) is 5.75 Å². The molecule has 4 heteroatoms. The number of carbonyl (C=O) groups excluding carboxylic acids is 1. The van der Waals surface area contributed by atoms with Gasteiger partial charge in [-0.1, -0.05) is 6.07 Å². The molecule has 1 aromatic rings. The van der Waals surface area contributed by atoms with Gasteiger partial charge in [0.25, 0.3) is 0 Å². The lowest BCUT2D eigenvalue weighted by Gasteiger charge is -2.16. The molecule has 0 saturated carbocycles. The second-order valence-corrected chi connectivity index (χ2v) is 5.75. The molecule has 1 saturated heterocycles. The summed E-state index contributed by atoms with van der Waals surface area (Å²) < 4.78 is 10.9. The highest BCUT2D eigenvalue weighted by Crippen LogP contribution is 2.28. The van der Waals surface area contributed by atoms with Crippen molar-refractivity contribution >= 4 is 5.91 Å². The van der Waals surface area contributed by atoms with Crippen molar-refractivity contribution in [2.75, 3.05) is 20.3 Å². The average molecular weight is 291 g/mol. The zero-order valence-corrected chi connectivity index (χ0v) is 13.4. The number of methoxy groups -OCH3 is 1. The summed E-state index contributed by atoms with van der Waals surface area (Å²) in [6.07, 6.45) is 2.73. The number of carbonyl (C=O) groups is 1. The van der Waals surface area contributed by atoms with Crippen LogP contribution >= 0.6 is 0 Å². The van der Waals surface area contributed by atoms with Gasteiger partial charge in [0.1, 0.15) is 5.75 Å². The second-order valence-electron chi connectivity index (χ2n) is 5.75. The zero-order chi connectivity index (χ0) is 15.4. The van der Waals surface area contributed by atoms with Crippen molar-refractivity contribution in [1.29, 1.82) is 0 Å². The SMILES string of the molecule is COc1c(C)cc(CC(=O)NCC2CCCO2)c(C)c1C. The second kappa shape index (κ2) is 6.94. The fraction of sp³-hybridized carbons (Fsp3) is 0.588. The molecular formula is C17H25NO3. The molecule has 1 amide bonds. The van der Waals surface area contributed by atoms with Crippen molar-refractivity contribution in [2.24, 2.45) is 0 Å². The number of hydrogen-bond donors (Lipinski definition) is 1. The molecule has 1 heterocycles. The molecule has 21 heavy (non-hydrogen) atoms. The van der Waals surface area contributed by atoms with E-state index < -0.39 is 0 Å². The third-order valence-corrected chi connectivity index (χ3v) is 4.24. The fourth-order valence-corrected chi connectivity index (χ4v) is 2.91. The molecule has 1 atom stereocenters. The first-order valence-electron chi connectivity index (χ1n) is 7.55. The minimum absolute atomic E-state index is 0.0533. The van der Waals surface area contributed by atoms with E-state index in [-0.39, 0.29) is 12.0 Å². The maximum atomic E-state index is 12.1. The summed E-state index contributed by atoms with van der Waals surface area (Å²) in [6.45, 7) is 7.52. The Morgan fingerprint density at radius 3 is 2.76 bits per heavy atom. The summed E-state index contributed by atoms with van der Waals surface area (Å²) >= 11 is 0. The number of nitrogens with one attached hydrogen (secondary N) is 1. The normalized spacial score (nSPS) is 17.8. The van der Waals surface area contributed by atoms with E-state index in [1.807, 2.05) is 26.8 Å². The molecule has 1 unspecified atom stereocenters. The Morgan fingerprint density at radius 1 is 1.38 bits per heavy atom. The molecule has 0 aromatic heterocycles. The molecule has 0 aliphatic carbocycles. The van der Waals surface area contributed by atoms with Crippen LogP contribution < -0.4 is 10.1 Å². The lowest BCUT2D eigenvalue weighted by atomic mass is 9.96. The van der Waals surface area contributed by atoms with Gasteiger partial charge in [0.05, 0.1) is 19.6 Å². The van der Waals surface area contributed by atoms with Crippen LogP contribution in [0.2, 0.25) is 0 Å². The summed E-state index contributed by atoms with van der Waals surface area (Å²) in [5.74, 6) is 0.966. The Morgan fingerprint density at radius 2 is 2.14 bits per heavy atom. The third kappa shape index (κ3) is 3.76. The first-order chi connectivity index (χ1) is 10.0. The van der Waals surface area contributed by atoms with E-state index in [9.17, 15) is 4.79 Å². The Bertz CT molecular complexity index is 519. The van der Waals surface area contributed by atoms with E-state index >= 15 is 0 Å². The van der Waals surface area contributed by atoms with Crippen LogP contribution in [-0.4, -0.2) is 32.3 Å². The Hall–Kier alpha value is -1.55. The quantitative estimate of drug-likeness (QED) is 0.906. The van der Waals surface area contributed by atoms with Crippen LogP contribution in [0.15, 0.2) is 6.07 Å². The van der Waals surface area contributed by atoms with Gasteiger partial charge < -0.3 is 14.8 Å². The van der Waals surface area contributed by atoms with Crippen LogP contribution in [0.4, 0.5) is 0 Å².